The average molecular weight is 521 g/mol. The Bertz CT molecular complexity index is 938. The number of carbonyl (C=O) groups is 2. The molecule has 0 fully saturated rings. The molecule has 0 aromatic heterocycles. The molecule has 0 spiro atoms. The average Bonchev–Trinajstić information content (AvgIpc) is 2.76. The monoisotopic (exact) mass is 520 g/mol. The maximum atomic E-state index is 12.9. The van der Waals surface area contributed by atoms with Gasteiger partial charge in [-0.1, -0.05) is 31.4 Å². The van der Waals surface area contributed by atoms with E-state index in [1.165, 1.54) is 7.11 Å². The largest absolute Gasteiger partial charge is 0.497 e. The molecule has 37 heavy (non-hydrogen) atoms. The van der Waals surface area contributed by atoms with Gasteiger partial charge in [-0.2, -0.15) is 5.06 Å². The molecule has 9 nitrogen and oxygen atoms in total. The summed E-state index contributed by atoms with van der Waals surface area (Å²) in [5.74, 6) is 5.24. The van der Waals surface area contributed by atoms with Gasteiger partial charge in [-0.3, -0.25) is 0 Å². The van der Waals surface area contributed by atoms with E-state index in [-0.39, 0.29) is 6.54 Å². The molecule has 3 atom stereocenters. The Morgan fingerprint density at radius 2 is 1.57 bits per heavy atom. The van der Waals surface area contributed by atoms with Crippen LogP contribution in [-0.2, 0) is 25.5 Å². The van der Waals surface area contributed by atoms with Crippen LogP contribution in [0.3, 0.4) is 0 Å². The van der Waals surface area contributed by atoms with Gasteiger partial charge in [0.15, 0.2) is 0 Å². The van der Waals surface area contributed by atoms with E-state index in [1.54, 1.807) is 72.9 Å². The van der Waals surface area contributed by atoms with E-state index < -0.39 is 40.9 Å². The van der Waals surface area contributed by atoms with Crippen LogP contribution < -0.4 is 10.1 Å². The zero-order valence-electron chi connectivity index (χ0n) is 23.9. The molecule has 208 valence electrons. The molecule has 0 radical (unpaired) electrons. The van der Waals surface area contributed by atoms with E-state index in [0.717, 1.165) is 17.0 Å². The van der Waals surface area contributed by atoms with Crippen molar-refractivity contribution in [3.63, 3.8) is 0 Å². The van der Waals surface area contributed by atoms with Gasteiger partial charge in [-0.15, -0.1) is 0 Å². The van der Waals surface area contributed by atoms with E-state index in [4.69, 9.17) is 18.9 Å². The number of rotatable bonds is 10. The molecule has 0 aliphatic carbocycles. The van der Waals surface area contributed by atoms with Crippen LogP contribution >= 0.6 is 0 Å². The van der Waals surface area contributed by atoms with E-state index in [9.17, 15) is 14.8 Å². The predicted molar refractivity (Wildman–Crippen MR) is 141 cm³/mol. The first-order chi connectivity index (χ1) is 17.0. The standard InChI is InChI=1S/C28H44N2O7/c1-11-18-28(8,35-10)24(29-25(32)37-27(5,6)7)22(16-17-23(31)36-26(2,3)4)30(33)19-20-12-14-21(34-9)15-13-20/h12-15,22,24,33H,11,18-19H2,1-10H3,(H,29,32)/t22?,24-,28?/m1/s1. The van der Waals surface area contributed by atoms with Crippen molar-refractivity contribution in [2.45, 2.75) is 104 Å². The number of benzene rings is 1. The highest BCUT2D eigenvalue weighted by atomic mass is 16.6. The first-order valence-electron chi connectivity index (χ1n) is 12.4. The lowest BCUT2D eigenvalue weighted by Crippen LogP contribution is -2.62. The molecular formula is C28H44N2O7. The minimum Gasteiger partial charge on any atom is -0.497 e. The molecule has 0 saturated heterocycles. The second kappa shape index (κ2) is 13.7. The third-order valence-corrected chi connectivity index (χ3v) is 5.40. The summed E-state index contributed by atoms with van der Waals surface area (Å²) in [7, 11) is 3.10. The molecule has 2 unspecified atom stereocenters. The summed E-state index contributed by atoms with van der Waals surface area (Å²) in [5.41, 5.74) is -1.68. The van der Waals surface area contributed by atoms with Crippen LogP contribution in [0.25, 0.3) is 0 Å². The normalized spacial score (nSPS) is 15.0. The topological polar surface area (TPSA) is 107 Å². The molecule has 1 rings (SSSR count). The second-order valence-electron chi connectivity index (χ2n) is 11.1. The third kappa shape index (κ3) is 11.4. The maximum Gasteiger partial charge on any atom is 0.408 e. The highest BCUT2D eigenvalue weighted by Crippen LogP contribution is 2.27. The van der Waals surface area contributed by atoms with E-state index in [1.807, 2.05) is 13.8 Å². The van der Waals surface area contributed by atoms with Crippen molar-refractivity contribution < 1.29 is 33.7 Å². The molecule has 0 aliphatic rings. The molecule has 2 N–H and O–H groups in total. The maximum absolute atomic E-state index is 12.9. The lowest BCUT2D eigenvalue weighted by atomic mass is 9.85. The molecule has 1 aromatic carbocycles. The van der Waals surface area contributed by atoms with Crippen molar-refractivity contribution >= 4 is 12.1 Å². The number of esters is 1. The van der Waals surface area contributed by atoms with Crippen molar-refractivity contribution in [2.24, 2.45) is 0 Å². The molecule has 0 saturated carbocycles. The SMILES string of the molecule is CCCC(C)(OC)[C@H](NC(=O)OC(C)(C)C)C(C#CC(=O)OC(C)(C)C)N(O)Cc1ccc(OC)cc1. The molecule has 0 bridgehead atoms. The quantitative estimate of drug-likeness (QED) is 0.198. The van der Waals surface area contributed by atoms with Crippen LogP contribution in [0.1, 0.15) is 73.8 Å². The third-order valence-electron chi connectivity index (χ3n) is 5.40. The van der Waals surface area contributed by atoms with E-state index in [0.29, 0.717) is 12.2 Å². The first-order valence-corrected chi connectivity index (χ1v) is 12.4. The van der Waals surface area contributed by atoms with Crippen LogP contribution in [0.15, 0.2) is 24.3 Å². The van der Waals surface area contributed by atoms with Crippen molar-refractivity contribution in [3.05, 3.63) is 29.8 Å². The van der Waals surface area contributed by atoms with Gasteiger partial charge in [0.1, 0.15) is 23.0 Å². The van der Waals surface area contributed by atoms with Crippen molar-refractivity contribution in [1.82, 2.24) is 10.4 Å². The fourth-order valence-corrected chi connectivity index (χ4v) is 3.66. The number of hydrogen-bond acceptors (Lipinski definition) is 8. The number of ether oxygens (including phenoxy) is 4. The summed E-state index contributed by atoms with van der Waals surface area (Å²) >= 11 is 0. The van der Waals surface area contributed by atoms with Crippen molar-refractivity contribution in [2.75, 3.05) is 14.2 Å². The van der Waals surface area contributed by atoms with E-state index >= 15 is 0 Å². The number of nitrogens with zero attached hydrogens (tertiary/aromatic N) is 1. The van der Waals surface area contributed by atoms with Crippen molar-refractivity contribution in [3.8, 4) is 17.6 Å². The molecular weight excluding hydrogens is 476 g/mol. The van der Waals surface area contributed by atoms with E-state index in [2.05, 4.69) is 17.2 Å². The van der Waals surface area contributed by atoms with Crippen LogP contribution in [-0.4, -0.2) is 65.4 Å². The Morgan fingerprint density at radius 1 is 1.00 bits per heavy atom. The number of nitrogens with one attached hydrogen (secondary N) is 1. The lowest BCUT2D eigenvalue weighted by Gasteiger charge is -2.41. The molecule has 1 aromatic rings. The smallest absolute Gasteiger partial charge is 0.408 e. The highest BCUT2D eigenvalue weighted by Gasteiger charge is 2.43. The van der Waals surface area contributed by atoms with Gasteiger partial charge >= 0.3 is 12.1 Å². The lowest BCUT2D eigenvalue weighted by molar-refractivity contribution is -0.151. The predicted octanol–water partition coefficient (Wildman–Crippen LogP) is 4.70. The van der Waals surface area contributed by atoms with Gasteiger partial charge in [0.2, 0.25) is 0 Å². The zero-order valence-corrected chi connectivity index (χ0v) is 23.9. The highest BCUT2D eigenvalue weighted by molar-refractivity contribution is 5.88. The summed E-state index contributed by atoms with van der Waals surface area (Å²) in [4.78, 5) is 25.3. The number of carbonyl (C=O) groups excluding carboxylic acids is 2. The summed E-state index contributed by atoms with van der Waals surface area (Å²) in [6, 6.07) is 5.22. The fourth-order valence-electron chi connectivity index (χ4n) is 3.66. The summed E-state index contributed by atoms with van der Waals surface area (Å²) < 4.78 is 21.9. The molecule has 9 heteroatoms. The van der Waals surface area contributed by atoms with Crippen LogP contribution in [0.4, 0.5) is 4.79 Å². The first kappa shape index (κ1) is 32.2. The van der Waals surface area contributed by atoms with Gasteiger partial charge < -0.3 is 29.5 Å². The number of amides is 1. The molecule has 0 heterocycles. The minimum absolute atomic E-state index is 0.0517. The van der Waals surface area contributed by atoms with Gasteiger partial charge in [-0.05, 0) is 72.6 Å². The molecule has 1 amide bonds. The Kier molecular flexibility index (Phi) is 11.9. The number of methoxy groups -OCH3 is 2. The number of hydroxylamine groups is 2. The van der Waals surface area contributed by atoms with Gasteiger partial charge in [-0.25, -0.2) is 9.59 Å². The Hall–Kier alpha value is -2.80. The van der Waals surface area contributed by atoms with Crippen LogP contribution in [0.2, 0.25) is 0 Å². The second-order valence-corrected chi connectivity index (χ2v) is 11.1. The molecule has 0 aliphatic heterocycles. The summed E-state index contributed by atoms with van der Waals surface area (Å²) in [5, 5.41) is 15.1. The van der Waals surface area contributed by atoms with Gasteiger partial charge in [0.25, 0.3) is 0 Å². The summed E-state index contributed by atoms with van der Waals surface area (Å²) in [6.07, 6.45) is 0.566. The zero-order chi connectivity index (χ0) is 28.4. The van der Waals surface area contributed by atoms with Crippen LogP contribution in [0, 0.1) is 11.8 Å². The van der Waals surface area contributed by atoms with Crippen LogP contribution in [0.5, 0.6) is 5.75 Å². The number of hydrogen-bond donors (Lipinski definition) is 2. The van der Waals surface area contributed by atoms with Gasteiger partial charge in [0.05, 0.1) is 25.3 Å². The Balaban J connectivity index is 3.51. The minimum atomic E-state index is -1.06. The van der Waals surface area contributed by atoms with Crippen molar-refractivity contribution in [1.29, 1.82) is 0 Å². The Morgan fingerprint density at radius 3 is 2.03 bits per heavy atom. The van der Waals surface area contributed by atoms with Gasteiger partial charge in [0, 0.05) is 13.0 Å². The summed E-state index contributed by atoms with van der Waals surface area (Å²) in [6.45, 7) is 14.3. The fraction of sp³-hybridized carbons (Fsp3) is 0.643. The Labute approximate surface area is 221 Å². The number of alkyl carbamates (subject to hydrolysis) is 1.